The van der Waals surface area contributed by atoms with Crippen molar-refractivity contribution in [2.45, 2.75) is 12.6 Å². The monoisotopic (exact) mass is 371 g/mol. The molecule has 5 nitrogen and oxygen atoms in total. The molecule has 0 bridgehead atoms. The summed E-state index contributed by atoms with van der Waals surface area (Å²) < 4.78 is 2.93. The van der Waals surface area contributed by atoms with Crippen molar-refractivity contribution in [3.63, 3.8) is 0 Å². The molecule has 0 aliphatic heterocycles. The van der Waals surface area contributed by atoms with Crippen LogP contribution in [0.4, 0.5) is 0 Å². The van der Waals surface area contributed by atoms with Gasteiger partial charge in [-0.15, -0.1) is 0 Å². The van der Waals surface area contributed by atoms with Crippen LogP contribution >= 0.6 is 27.5 Å². The maximum Gasteiger partial charge on any atom is 0.0946 e. The first kappa shape index (κ1) is 16.4. The first-order chi connectivity index (χ1) is 10.0. The quantitative estimate of drug-likeness (QED) is 0.846. The summed E-state index contributed by atoms with van der Waals surface area (Å²) in [5, 5.41) is 8.37. The molecule has 7 heteroatoms. The molecule has 0 radical (unpaired) electrons. The summed E-state index contributed by atoms with van der Waals surface area (Å²) in [7, 11) is 5.98. The molecular weight excluding hydrogens is 354 g/mol. The number of nitrogens with zero attached hydrogens (tertiary/aromatic N) is 4. The molecule has 0 fully saturated rings. The summed E-state index contributed by atoms with van der Waals surface area (Å²) in [6, 6.07) is 3.57. The topological polar surface area (TPSA) is 46.0 Å². The van der Waals surface area contributed by atoms with Crippen LogP contribution in [-0.4, -0.2) is 47.4 Å². The summed E-state index contributed by atoms with van der Waals surface area (Å²) in [4.78, 5) is 6.54. The minimum atomic E-state index is -0.113. The zero-order chi connectivity index (χ0) is 15.4. The highest BCUT2D eigenvalue weighted by Crippen LogP contribution is 2.30. The summed E-state index contributed by atoms with van der Waals surface area (Å²) in [5.74, 6) is 0. The van der Waals surface area contributed by atoms with Gasteiger partial charge in [0, 0.05) is 12.7 Å². The van der Waals surface area contributed by atoms with Crippen LogP contribution in [0.15, 0.2) is 29.0 Å². The standard InChI is InChI=1S/C14H19BrClN5/c1-17-13(12-11(16)5-4-6-18-12)14-10(15)9-19-21(14)8-7-20(2)3/h4-6,9,13,17H,7-8H2,1-3H3. The highest BCUT2D eigenvalue weighted by Gasteiger charge is 2.23. The van der Waals surface area contributed by atoms with Crippen molar-refractivity contribution in [3.8, 4) is 0 Å². The average molecular weight is 373 g/mol. The highest BCUT2D eigenvalue weighted by molar-refractivity contribution is 9.10. The van der Waals surface area contributed by atoms with Crippen molar-refractivity contribution in [1.29, 1.82) is 0 Å². The third-order valence-electron chi connectivity index (χ3n) is 3.21. The number of nitrogens with one attached hydrogen (secondary N) is 1. The second-order valence-electron chi connectivity index (χ2n) is 5.00. The molecule has 0 aromatic carbocycles. The van der Waals surface area contributed by atoms with E-state index in [0.29, 0.717) is 5.02 Å². The van der Waals surface area contributed by atoms with Crippen molar-refractivity contribution in [2.75, 3.05) is 27.7 Å². The number of hydrogen-bond donors (Lipinski definition) is 1. The van der Waals surface area contributed by atoms with E-state index in [1.54, 1.807) is 6.20 Å². The molecule has 2 rings (SSSR count). The maximum atomic E-state index is 6.29. The lowest BCUT2D eigenvalue weighted by Gasteiger charge is -2.20. The fraction of sp³-hybridized carbons (Fsp3) is 0.429. The number of halogens is 2. The first-order valence-corrected chi connectivity index (χ1v) is 7.85. The Hall–Kier alpha value is -0.950. The van der Waals surface area contributed by atoms with E-state index in [1.165, 1.54) is 0 Å². The van der Waals surface area contributed by atoms with Crippen LogP contribution in [-0.2, 0) is 6.54 Å². The fourth-order valence-electron chi connectivity index (χ4n) is 2.15. The van der Waals surface area contributed by atoms with Crippen molar-refractivity contribution in [1.82, 2.24) is 25.0 Å². The third-order valence-corrected chi connectivity index (χ3v) is 4.15. The molecule has 0 spiro atoms. The van der Waals surface area contributed by atoms with E-state index >= 15 is 0 Å². The Bertz CT molecular complexity index is 599. The Morgan fingerprint density at radius 3 is 2.86 bits per heavy atom. The molecule has 1 atom stereocenters. The summed E-state index contributed by atoms with van der Waals surface area (Å²) in [6.45, 7) is 1.71. The minimum Gasteiger partial charge on any atom is -0.308 e. The van der Waals surface area contributed by atoms with Gasteiger partial charge in [0.25, 0.3) is 0 Å². The zero-order valence-corrected chi connectivity index (χ0v) is 14.7. The number of rotatable bonds is 6. The molecule has 1 N–H and O–H groups in total. The van der Waals surface area contributed by atoms with E-state index in [2.05, 4.69) is 36.2 Å². The maximum absolute atomic E-state index is 6.29. The smallest absolute Gasteiger partial charge is 0.0946 e. The molecule has 0 aliphatic rings. The number of pyridine rings is 1. The van der Waals surface area contributed by atoms with E-state index in [1.807, 2.05) is 44.2 Å². The SMILES string of the molecule is CNC(c1ncccc1Cl)c1c(Br)cnn1CCN(C)C. The van der Waals surface area contributed by atoms with Crippen molar-refractivity contribution in [3.05, 3.63) is 45.4 Å². The molecule has 0 saturated heterocycles. The summed E-state index contributed by atoms with van der Waals surface area (Å²) in [6.07, 6.45) is 3.56. The third kappa shape index (κ3) is 3.83. The Morgan fingerprint density at radius 2 is 2.24 bits per heavy atom. The summed E-state index contributed by atoms with van der Waals surface area (Å²) in [5.41, 5.74) is 1.83. The second kappa shape index (κ2) is 7.35. The summed E-state index contributed by atoms with van der Waals surface area (Å²) >= 11 is 9.87. The van der Waals surface area contributed by atoms with Crippen LogP contribution in [0.3, 0.4) is 0 Å². The van der Waals surface area contributed by atoms with Gasteiger partial charge in [0.2, 0.25) is 0 Å². The van der Waals surface area contributed by atoms with Gasteiger partial charge in [0.05, 0.1) is 39.7 Å². The van der Waals surface area contributed by atoms with E-state index < -0.39 is 0 Å². The van der Waals surface area contributed by atoms with Crippen LogP contribution in [0.2, 0.25) is 5.02 Å². The molecule has 21 heavy (non-hydrogen) atoms. The zero-order valence-electron chi connectivity index (χ0n) is 12.3. The largest absolute Gasteiger partial charge is 0.308 e. The van der Waals surface area contributed by atoms with Crippen molar-refractivity contribution >= 4 is 27.5 Å². The molecule has 0 aliphatic carbocycles. The Morgan fingerprint density at radius 1 is 1.48 bits per heavy atom. The minimum absolute atomic E-state index is 0.113. The lowest BCUT2D eigenvalue weighted by Crippen LogP contribution is -2.26. The van der Waals surface area contributed by atoms with Gasteiger partial charge in [-0.1, -0.05) is 11.6 Å². The molecule has 114 valence electrons. The predicted molar refractivity (Wildman–Crippen MR) is 88.6 cm³/mol. The normalized spacial score (nSPS) is 12.9. The second-order valence-corrected chi connectivity index (χ2v) is 6.26. The van der Waals surface area contributed by atoms with Gasteiger partial charge in [-0.05, 0) is 49.2 Å². The molecular formula is C14H19BrClN5. The van der Waals surface area contributed by atoms with Gasteiger partial charge in [0.1, 0.15) is 0 Å². The van der Waals surface area contributed by atoms with Crippen molar-refractivity contribution in [2.24, 2.45) is 0 Å². The van der Waals surface area contributed by atoms with Gasteiger partial charge in [-0.2, -0.15) is 5.10 Å². The van der Waals surface area contributed by atoms with Crippen LogP contribution in [0.1, 0.15) is 17.4 Å². The Balaban J connectivity index is 2.38. The van der Waals surface area contributed by atoms with E-state index in [0.717, 1.165) is 29.0 Å². The van der Waals surface area contributed by atoms with Gasteiger partial charge in [0.15, 0.2) is 0 Å². The van der Waals surface area contributed by atoms with Crippen molar-refractivity contribution < 1.29 is 0 Å². The molecule has 2 aromatic rings. The average Bonchev–Trinajstić information content (AvgIpc) is 2.81. The first-order valence-electron chi connectivity index (χ1n) is 6.68. The fourth-order valence-corrected chi connectivity index (χ4v) is 2.90. The Kier molecular flexibility index (Phi) is 5.75. The molecule has 1 unspecified atom stereocenters. The predicted octanol–water partition coefficient (Wildman–Crippen LogP) is 2.56. The van der Waals surface area contributed by atoms with Crippen LogP contribution in [0, 0.1) is 0 Å². The molecule has 2 heterocycles. The van der Waals surface area contributed by atoms with E-state index in [4.69, 9.17) is 11.6 Å². The molecule has 0 saturated carbocycles. The number of likely N-dealkylation sites (N-methyl/N-ethyl adjacent to an activating group) is 1. The van der Waals surface area contributed by atoms with Gasteiger partial charge in [-0.25, -0.2) is 0 Å². The van der Waals surface area contributed by atoms with Gasteiger partial charge < -0.3 is 10.2 Å². The van der Waals surface area contributed by atoms with Gasteiger partial charge >= 0.3 is 0 Å². The lowest BCUT2D eigenvalue weighted by atomic mass is 10.1. The lowest BCUT2D eigenvalue weighted by molar-refractivity contribution is 0.366. The highest BCUT2D eigenvalue weighted by atomic mass is 79.9. The van der Waals surface area contributed by atoms with Crippen LogP contribution in [0.25, 0.3) is 0 Å². The van der Waals surface area contributed by atoms with Crippen LogP contribution < -0.4 is 5.32 Å². The van der Waals surface area contributed by atoms with Gasteiger partial charge in [-0.3, -0.25) is 9.67 Å². The Labute approximate surface area is 138 Å². The van der Waals surface area contributed by atoms with E-state index in [9.17, 15) is 0 Å². The molecule has 2 aromatic heterocycles. The number of aromatic nitrogens is 3. The van der Waals surface area contributed by atoms with E-state index in [-0.39, 0.29) is 6.04 Å². The molecule has 0 amide bonds. The number of hydrogen-bond acceptors (Lipinski definition) is 4. The van der Waals surface area contributed by atoms with Crippen LogP contribution in [0.5, 0.6) is 0 Å².